The van der Waals surface area contributed by atoms with Gasteiger partial charge in [0.25, 0.3) is 0 Å². The summed E-state index contributed by atoms with van der Waals surface area (Å²) in [5, 5.41) is 3.01. The second-order valence-electron chi connectivity index (χ2n) is 10.3. The van der Waals surface area contributed by atoms with Crippen molar-refractivity contribution in [2.75, 3.05) is 24.2 Å². The highest BCUT2D eigenvalue weighted by Gasteiger charge is 2.31. The molecule has 1 N–H and O–H groups in total. The standard InChI is InChI=1S/C32H40FN3O5S/c1-5-24(2)34-32(38)29(22-25-12-7-6-8-13-25)35(23-26-17-19-27(33)20-18-26)31(37)16-11-21-36(42(4,39)40)28-14-9-10-15-30(28)41-3/h6-10,12-15,17-20,24,29H,5,11,16,21-23H2,1-4H3,(H,34,38)/t24-,29-/m0/s1. The average Bonchev–Trinajstić information content (AvgIpc) is 2.97. The highest BCUT2D eigenvalue weighted by Crippen LogP contribution is 2.30. The fourth-order valence-electron chi connectivity index (χ4n) is 4.60. The lowest BCUT2D eigenvalue weighted by atomic mass is 10.0. The van der Waals surface area contributed by atoms with Crippen LogP contribution < -0.4 is 14.4 Å². The van der Waals surface area contributed by atoms with Crippen LogP contribution in [0.15, 0.2) is 78.9 Å². The summed E-state index contributed by atoms with van der Waals surface area (Å²) < 4.78 is 45.7. The molecule has 3 rings (SSSR count). The number of amides is 2. The summed E-state index contributed by atoms with van der Waals surface area (Å²) >= 11 is 0. The molecular formula is C32H40FN3O5S. The number of hydrogen-bond donors (Lipinski definition) is 1. The zero-order valence-corrected chi connectivity index (χ0v) is 25.4. The molecule has 42 heavy (non-hydrogen) atoms. The number of sulfonamides is 1. The van der Waals surface area contributed by atoms with Crippen molar-refractivity contribution in [3.63, 3.8) is 0 Å². The molecule has 0 aliphatic carbocycles. The van der Waals surface area contributed by atoms with Crippen LogP contribution >= 0.6 is 0 Å². The van der Waals surface area contributed by atoms with Gasteiger partial charge in [-0.2, -0.15) is 0 Å². The molecule has 3 aromatic rings. The van der Waals surface area contributed by atoms with Crippen molar-refractivity contribution < 1.29 is 27.1 Å². The summed E-state index contributed by atoms with van der Waals surface area (Å²) in [4.78, 5) is 29.0. The van der Waals surface area contributed by atoms with E-state index in [1.54, 1.807) is 36.4 Å². The average molecular weight is 598 g/mol. The summed E-state index contributed by atoms with van der Waals surface area (Å²) in [6.45, 7) is 4.00. The number of rotatable bonds is 15. The Bertz CT molecular complexity index is 1420. The van der Waals surface area contributed by atoms with E-state index in [0.29, 0.717) is 17.0 Å². The van der Waals surface area contributed by atoms with Gasteiger partial charge in [-0.1, -0.05) is 61.5 Å². The molecule has 0 unspecified atom stereocenters. The van der Waals surface area contributed by atoms with Gasteiger partial charge in [-0.3, -0.25) is 13.9 Å². The molecule has 2 atom stereocenters. The minimum Gasteiger partial charge on any atom is -0.495 e. The van der Waals surface area contributed by atoms with Crippen molar-refractivity contribution in [2.24, 2.45) is 0 Å². The summed E-state index contributed by atoms with van der Waals surface area (Å²) in [5.41, 5.74) is 1.94. The van der Waals surface area contributed by atoms with E-state index < -0.39 is 21.9 Å². The number of carbonyl (C=O) groups is 2. The minimum atomic E-state index is -3.68. The number of anilines is 1. The first-order chi connectivity index (χ1) is 20.0. The first-order valence-corrected chi connectivity index (χ1v) is 15.9. The summed E-state index contributed by atoms with van der Waals surface area (Å²) in [5.74, 6) is -0.593. The zero-order chi connectivity index (χ0) is 30.7. The molecule has 0 radical (unpaired) electrons. The van der Waals surface area contributed by atoms with Crippen LogP contribution in [0.2, 0.25) is 0 Å². The van der Waals surface area contributed by atoms with Crippen LogP contribution in [0.5, 0.6) is 5.75 Å². The maximum Gasteiger partial charge on any atom is 0.243 e. The molecule has 0 bridgehead atoms. The largest absolute Gasteiger partial charge is 0.495 e. The van der Waals surface area contributed by atoms with E-state index in [0.717, 1.165) is 18.2 Å². The third-order valence-electron chi connectivity index (χ3n) is 7.04. The number of nitrogens with one attached hydrogen (secondary N) is 1. The SMILES string of the molecule is CC[C@H](C)NC(=O)[C@H](Cc1ccccc1)N(Cc1ccc(F)cc1)C(=O)CCCN(c1ccccc1OC)S(C)(=O)=O. The Labute approximate surface area is 248 Å². The van der Waals surface area contributed by atoms with E-state index in [-0.39, 0.29) is 50.2 Å². The lowest BCUT2D eigenvalue weighted by Gasteiger charge is -2.32. The molecule has 0 heterocycles. The van der Waals surface area contributed by atoms with Gasteiger partial charge >= 0.3 is 0 Å². The number of halogens is 1. The second-order valence-corrected chi connectivity index (χ2v) is 12.2. The highest BCUT2D eigenvalue weighted by atomic mass is 32.2. The minimum absolute atomic E-state index is 0.00966. The van der Waals surface area contributed by atoms with Crippen molar-refractivity contribution in [3.8, 4) is 5.75 Å². The van der Waals surface area contributed by atoms with Gasteiger partial charge in [-0.25, -0.2) is 12.8 Å². The van der Waals surface area contributed by atoms with Gasteiger partial charge in [0.2, 0.25) is 21.8 Å². The fourth-order valence-corrected chi connectivity index (χ4v) is 5.57. The molecule has 0 saturated heterocycles. The molecule has 8 nitrogen and oxygen atoms in total. The van der Waals surface area contributed by atoms with Crippen LogP contribution in [-0.4, -0.2) is 57.1 Å². The Hall–Kier alpha value is -3.92. The predicted molar refractivity (Wildman–Crippen MR) is 163 cm³/mol. The Kier molecular flexibility index (Phi) is 11.9. The van der Waals surface area contributed by atoms with Gasteiger partial charge in [-0.15, -0.1) is 0 Å². The van der Waals surface area contributed by atoms with Gasteiger partial charge in [-0.05, 0) is 55.2 Å². The Morgan fingerprint density at radius 3 is 2.21 bits per heavy atom. The van der Waals surface area contributed by atoms with E-state index in [1.165, 1.54) is 28.4 Å². The molecule has 226 valence electrons. The number of carbonyl (C=O) groups excluding carboxylic acids is 2. The summed E-state index contributed by atoms with van der Waals surface area (Å²) in [6.07, 6.45) is 2.31. The van der Waals surface area contributed by atoms with Crippen LogP contribution in [0.4, 0.5) is 10.1 Å². The number of methoxy groups -OCH3 is 1. The van der Waals surface area contributed by atoms with Gasteiger partial charge in [0, 0.05) is 32.0 Å². The summed E-state index contributed by atoms with van der Waals surface area (Å²) in [6, 6.07) is 21.1. The summed E-state index contributed by atoms with van der Waals surface area (Å²) in [7, 11) is -2.21. The van der Waals surface area contributed by atoms with Crippen LogP contribution in [0.25, 0.3) is 0 Å². The molecular weight excluding hydrogens is 557 g/mol. The molecule has 0 aliphatic rings. The maximum atomic E-state index is 13.9. The van der Waals surface area contributed by atoms with Gasteiger partial charge < -0.3 is 15.0 Å². The Morgan fingerprint density at radius 1 is 0.952 bits per heavy atom. The topological polar surface area (TPSA) is 96.0 Å². The molecule has 0 aromatic heterocycles. The van der Waals surface area contributed by atoms with Crippen molar-refractivity contribution in [1.29, 1.82) is 0 Å². The monoisotopic (exact) mass is 597 g/mol. The van der Waals surface area contributed by atoms with E-state index in [4.69, 9.17) is 4.74 Å². The van der Waals surface area contributed by atoms with Crippen LogP contribution in [0, 0.1) is 5.82 Å². The van der Waals surface area contributed by atoms with Gasteiger partial charge in [0.1, 0.15) is 17.6 Å². The zero-order valence-electron chi connectivity index (χ0n) is 24.6. The number of ether oxygens (including phenoxy) is 1. The van der Waals surface area contributed by atoms with Crippen molar-refractivity contribution in [3.05, 3.63) is 95.8 Å². The fraction of sp³-hybridized carbons (Fsp3) is 0.375. The van der Waals surface area contributed by atoms with Crippen LogP contribution in [0.3, 0.4) is 0 Å². The van der Waals surface area contributed by atoms with Crippen molar-refractivity contribution in [1.82, 2.24) is 10.2 Å². The molecule has 0 aliphatic heterocycles. The Balaban J connectivity index is 1.90. The van der Waals surface area contributed by atoms with Crippen molar-refractivity contribution >= 4 is 27.5 Å². The van der Waals surface area contributed by atoms with E-state index in [9.17, 15) is 22.4 Å². The van der Waals surface area contributed by atoms with Gasteiger partial charge in [0.15, 0.2) is 0 Å². The highest BCUT2D eigenvalue weighted by molar-refractivity contribution is 7.92. The number of para-hydroxylation sites is 2. The maximum absolute atomic E-state index is 13.9. The molecule has 3 aromatic carbocycles. The third kappa shape index (κ3) is 9.30. The molecule has 0 fully saturated rings. The van der Waals surface area contributed by atoms with Crippen LogP contribution in [-0.2, 0) is 32.6 Å². The lowest BCUT2D eigenvalue weighted by molar-refractivity contribution is -0.141. The van der Waals surface area contributed by atoms with E-state index in [1.807, 2.05) is 44.2 Å². The molecule has 2 amide bonds. The van der Waals surface area contributed by atoms with E-state index >= 15 is 0 Å². The quantitative estimate of drug-likeness (QED) is 0.268. The van der Waals surface area contributed by atoms with Gasteiger partial charge in [0.05, 0.1) is 19.1 Å². The normalized spacial score (nSPS) is 12.7. The molecule has 0 saturated carbocycles. The smallest absolute Gasteiger partial charge is 0.243 e. The molecule has 10 heteroatoms. The molecule has 0 spiro atoms. The number of nitrogens with zero attached hydrogens (tertiary/aromatic N) is 2. The lowest BCUT2D eigenvalue weighted by Crippen LogP contribution is -2.52. The number of benzene rings is 3. The Morgan fingerprint density at radius 2 is 1.60 bits per heavy atom. The van der Waals surface area contributed by atoms with E-state index in [2.05, 4.69) is 5.32 Å². The third-order valence-corrected chi connectivity index (χ3v) is 8.22. The van der Waals surface area contributed by atoms with Crippen LogP contribution in [0.1, 0.15) is 44.2 Å². The first-order valence-electron chi connectivity index (χ1n) is 14.0. The first kappa shape index (κ1) is 32.6. The predicted octanol–water partition coefficient (Wildman–Crippen LogP) is 4.94. The number of hydrogen-bond acceptors (Lipinski definition) is 5. The van der Waals surface area contributed by atoms with Crippen molar-refractivity contribution in [2.45, 2.75) is 58.2 Å². The second kappa shape index (κ2) is 15.3.